The number of aryl methyl sites for hydroxylation is 1. The molecule has 0 heterocycles. The van der Waals surface area contributed by atoms with Crippen LogP contribution in [-0.4, -0.2) is 20.9 Å². The number of benzene rings is 2. The molecule has 0 spiro atoms. The molecule has 2 aromatic carbocycles. The van der Waals surface area contributed by atoms with Crippen LogP contribution in [0.5, 0.6) is 0 Å². The van der Waals surface area contributed by atoms with Gasteiger partial charge >= 0.3 is 0 Å². The molecule has 0 aliphatic carbocycles. The predicted molar refractivity (Wildman–Crippen MR) is 89.6 cm³/mol. The lowest BCUT2D eigenvalue weighted by Gasteiger charge is -2.08. The third-order valence-electron chi connectivity index (χ3n) is 3.45. The average molecular weight is 350 g/mol. The van der Waals surface area contributed by atoms with Crippen LogP contribution in [0.3, 0.4) is 0 Å². The van der Waals surface area contributed by atoms with E-state index in [2.05, 4.69) is 10.0 Å². The summed E-state index contributed by atoms with van der Waals surface area (Å²) in [5.74, 6) is -0.678. The number of hydrogen-bond acceptors (Lipinski definition) is 3. The van der Waals surface area contributed by atoms with Crippen molar-refractivity contribution >= 4 is 15.9 Å². The average Bonchev–Trinajstić information content (AvgIpc) is 2.56. The van der Waals surface area contributed by atoms with Gasteiger partial charge < -0.3 is 5.32 Å². The Balaban J connectivity index is 2.03. The van der Waals surface area contributed by atoms with Gasteiger partial charge in [0.2, 0.25) is 10.0 Å². The van der Waals surface area contributed by atoms with Gasteiger partial charge in [-0.2, -0.15) is 0 Å². The van der Waals surface area contributed by atoms with E-state index in [0.717, 1.165) is 0 Å². The third kappa shape index (κ3) is 4.39. The molecule has 1 amide bonds. The first kappa shape index (κ1) is 18.1. The normalized spacial score (nSPS) is 11.3. The molecule has 128 valence electrons. The van der Waals surface area contributed by atoms with Gasteiger partial charge in [-0.15, -0.1) is 0 Å². The maximum Gasteiger partial charge on any atom is 0.251 e. The van der Waals surface area contributed by atoms with Gasteiger partial charge in [0, 0.05) is 18.7 Å². The number of nitrogens with one attached hydrogen (secondary N) is 2. The molecule has 0 bridgehead atoms. The zero-order chi connectivity index (χ0) is 17.7. The summed E-state index contributed by atoms with van der Waals surface area (Å²) >= 11 is 0. The van der Waals surface area contributed by atoms with Crippen LogP contribution in [0.4, 0.5) is 4.39 Å². The van der Waals surface area contributed by atoms with Crippen molar-refractivity contribution in [3.8, 4) is 0 Å². The number of hydrogen-bond donors (Lipinski definition) is 2. The Morgan fingerprint density at radius 1 is 1.12 bits per heavy atom. The van der Waals surface area contributed by atoms with Gasteiger partial charge in [0.15, 0.2) is 0 Å². The Kier molecular flexibility index (Phi) is 5.69. The molecule has 0 saturated carbocycles. The fourth-order valence-corrected chi connectivity index (χ4v) is 3.13. The summed E-state index contributed by atoms with van der Waals surface area (Å²) in [5.41, 5.74) is 1.53. The highest BCUT2D eigenvalue weighted by molar-refractivity contribution is 7.89. The number of amides is 1. The first-order valence-corrected chi connectivity index (χ1v) is 8.95. The minimum absolute atomic E-state index is 0.0986. The van der Waals surface area contributed by atoms with Crippen LogP contribution in [0.1, 0.15) is 28.4 Å². The molecule has 0 saturated heterocycles. The second-order valence-corrected chi connectivity index (χ2v) is 7.06. The van der Waals surface area contributed by atoms with Crippen LogP contribution in [0.2, 0.25) is 0 Å². The number of rotatable bonds is 6. The summed E-state index contributed by atoms with van der Waals surface area (Å²) < 4.78 is 39.5. The maximum absolute atomic E-state index is 13.5. The van der Waals surface area contributed by atoms with E-state index >= 15 is 0 Å². The molecule has 2 N–H and O–H groups in total. The summed E-state index contributed by atoms with van der Waals surface area (Å²) in [4.78, 5) is 12.2. The van der Waals surface area contributed by atoms with Gasteiger partial charge in [-0.05, 0) is 48.4 Å². The fourth-order valence-electron chi connectivity index (χ4n) is 2.09. The second kappa shape index (κ2) is 7.55. The van der Waals surface area contributed by atoms with E-state index < -0.39 is 10.0 Å². The van der Waals surface area contributed by atoms with Gasteiger partial charge in [0.25, 0.3) is 5.91 Å². The van der Waals surface area contributed by atoms with Crippen molar-refractivity contribution in [1.82, 2.24) is 10.0 Å². The van der Waals surface area contributed by atoms with E-state index in [0.29, 0.717) is 16.7 Å². The van der Waals surface area contributed by atoms with Crippen LogP contribution >= 0.6 is 0 Å². The number of halogens is 1. The highest BCUT2D eigenvalue weighted by Crippen LogP contribution is 2.12. The minimum Gasteiger partial charge on any atom is -0.348 e. The molecule has 24 heavy (non-hydrogen) atoms. The van der Waals surface area contributed by atoms with E-state index in [1.807, 2.05) is 0 Å². The quantitative estimate of drug-likeness (QED) is 0.840. The largest absolute Gasteiger partial charge is 0.348 e. The van der Waals surface area contributed by atoms with Crippen molar-refractivity contribution in [1.29, 1.82) is 0 Å². The van der Waals surface area contributed by atoms with Gasteiger partial charge in [-0.25, -0.2) is 17.5 Å². The summed E-state index contributed by atoms with van der Waals surface area (Å²) in [6, 6.07) is 10.4. The molecular formula is C17H19FN2O3S. The molecule has 0 atom stereocenters. The van der Waals surface area contributed by atoms with Crippen LogP contribution < -0.4 is 10.0 Å². The summed E-state index contributed by atoms with van der Waals surface area (Å²) in [5, 5.41) is 2.67. The van der Waals surface area contributed by atoms with Crippen LogP contribution in [0, 0.1) is 12.7 Å². The highest BCUT2D eigenvalue weighted by Gasteiger charge is 2.13. The van der Waals surface area contributed by atoms with E-state index in [-0.39, 0.29) is 29.7 Å². The highest BCUT2D eigenvalue weighted by atomic mass is 32.2. The standard InChI is InChI=1S/C17H19FN2O3S/c1-3-20-24(22,23)15-8-6-14(7-9-15)17(21)19-11-13-5-4-12(2)16(18)10-13/h4-10,20H,3,11H2,1-2H3,(H,19,21). The molecule has 0 radical (unpaired) electrons. The summed E-state index contributed by atoms with van der Waals surface area (Å²) in [6.45, 7) is 3.83. The van der Waals surface area contributed by atoms with Crippen LogP contribution in [-0.2, 0) is 16.6 Å². The number of carbonyl (C=O) groups excluding carboxylic acids is 1. The molecule has 0 fully saturated rings. The van der Waals surface area contributed by atoms with Crippen molar-refractivity contribution in [2.24, 2.45) is 0 Å². The monoisotopic (exact) mass is 350 g/mol. The molecular weight excluding hydrogens is 331 g/mol. The van der Waals surface area contributed by atoms with Crippen molar-refractivity contribution in [2.45, 2.75) is 25.3 Å². The lowest BCUT2D eigenvalue weighted by atomic mass is 10.1. The van der Waals surface area contributed by atoms with Gasteiger partial charge in [0.05, 0.1) is 4.90 Å². The molecule has 2 aromatic rings. The predicted octanol–water partition coefficient (Wildman–Crippen LogP) is 2.36. The van der Waals surface area contributed by atoms with Crippen molar-refractivity contribution in [3.63, 3.8) is 0 Å². The van der Waals surface area contributed by atoms with E-state index in [9.17, 15) is 17.6 Å². The molecule has 0 aliphatic rings. The molecule has 5 nitrogen and oxygen atoms in total. The van der Waals surface area contributed by atoms with Gasteiger partial charge in [-0.1, -0.05) is 19.1 Å². The Hall–Kier alpha value is -2.25. The SMILES string of the molecule is CCNS(=O)(=O)c1ccc(C(=O)NCc2ccc(C)c(F)c2)cc1. The zero-order valence-corrected chi connectivity index (χ0v) is 14.3. The number of carbonyl (C=O) groups is 1. The molecule has 2 rings (SSSR count). The molecule has 7 heteroatoms. The Morgan fingerprint density at radius 3 is 2.38 bits per heavy atom. The minimum atomic E-state index is -3.54. The smallest absolute Gasteiger partial charge is 0.251 e. The van der Waals surface area contributed by atoms with Crippen molar-refractivity contribution < 1.29 is 17.6 Å². The van der Waals surface area contributed by atoms with Crippen molar-refractivity contribution in [2.75, 3.05) is 6.54 Å². The lowest BCUT2D eigenvalue weighted by Crippen LogP contribution is -2.24. The van der Waals surface area contributed by atoms with E-state index in [4.69, 9.17) is 0 Å². The zero-order valence-electron chi connectivity index (χ0n) is 13.5. The van der Waals surface area contributed by atoms with Gasteiger partial charge in [-0.3, -0.25) is 4.79 Å². The molecule has 0 aliphatic heterocycles. The lowest BCUT2D eigenvalue weighted by molar-refractivity contribution is 0.0950. The van der Waals surface area contributed by atoms with E-state index in [1.54, 1.807) is 26.0 Å². The molecule has 0 unspecified atom stereocenters. The Labute approximate surface area is 141 Å². The maximum atomic E-state index is 13.5. The first-order chi connectivity index (χ1) is 11.3. The topological polar surface area (TPSA) is 75.3 Å². The van der Waals surface area contributed by atoms with Crippen LogP contribution in [0.25, 0.3) is 0 Å². The first-order valence-electron chi connectivity index (χ1n) is 7.46. The molecule has 0 aromatic heterocycles. The van der Waals surface area contributed by atoms with Crippen molar-refractivity contribution in [3.05, 3.63) is 65.0 Å². The summed E-state index contributed by atoms with van der Waals surface area (Å²) in [6.07, 6.45) is 0. The Morgan fingerprint density at radius 2 is 1.79 bits per heavy atom. The van der Waals surface area contributed by atoms with E-state index in [1.165, 1.54) is 30.3 Å². The second-order valence-electron chi connectivity index (χ2n) is 5.29. The Bertz CT molecular complexity index is 833. The fraction of sp³-hybridized carbons (Fsp3) is 0.235. The van der Waals surface area contributed by atoms with Crippen LogP contribution in [0.15, 0.2) is 47.4 Å². The number of sulfonamides is 1. The third-order valence-corrected chi connectivity index (χ3v) is 5.01. The van der Waals surface area contributed by atoms with Gasteiger partial charge in [0.1, 0.15) is 5.82 Å². The summed E-state index contributed by atoms with van der Waals surface area (Å²) in [7, 11) is -3.54.